The molecular formula is C28H33N3O2. The first kappa shape index (κ1) is 24.1. The minimum absolute atomic E-state index is 0.0764. The van der Waals surface area contributed by atoms with Crippen molar-refractivity contribution in [1.82, 2.24) is 4.90 Å². The van der Waals surface area contributed by atoms with E-state index in [-0.39, 0.29) is 18.2 Å². The van der Waals surface area contributed by atoms with Crippen molar-refractivity contribution < 1.29 is 9.59 Å². The summed E-state index contributed by atoms with van der Waals surface area (Å²) in [5.74, 6) is -0.271. The Balaban J connectivity index is 1.88. The van der Waals surface area contributed by atoms with Gasteiger partial charge in [-0.2, -0.15) is 0 Å². The predicted octanol–water partition coefficient (Wildman–Crippen LogP) is 5.13. The number of nitrogens with one attached hydrogen (secondary N) is 1. The molecule has 0 aliphatic heterocycles. The number of rotatable bonds is 9. The summed E-state index contributed by atoms with van der Waals surface area (Å²) in [5, 5.41) is 3.03. The number of carbonyl (C=O) groups is 2. The van der Waals surface area contributed by atoms with Crippen LogP contribution in [-0.4, -0.2) is 36.3 Å². The molecule has 0 heterocycles. The Hall–Kier alpha value is -3.60. The molecule has 3 aromatic rings. The first-order chi connectivity index (χ1) is 15.8. The highest BCUT2D eigenvalue weighted by atomic mass is 16.2. The molecule has 0 radical (unpaired) electrons. The third-order valence-electron chi connectivity index (χ3n) is 6.10. The van der Waals surface area contributed by atoms with Gasteiger partial charge in [-0.15, -0.1) is 0 Å². The van der Waals surface area contributed by atoms with E-state index in [1.54, 1.807) is 4.90 Å². The van der Waals surface area contributed by atoms with Crippen molar-refractivity contribution in [3.8, 4) is 0 Å². The molecule has 5 heteroatoms. The van der Waals surface area contributed by atoms with Gasteiger partial charge in [-0.25, -0.2) is 0 Å². The lowest BCUT2D eigenvalue weighted by Gasteiger charge is -2.40. The van der Waals surface area contributed by atoms with Crippen molar-refractivity contribution in [2.45, 2.75) is 38.8 Å². The largest absolute Gasteiger partial charge is 0.378 e. The second kappa shape index (κ2) is 10.8. The molecule has 3 aromatic carbocycles. The zero-order valence-corrected chi connectivity index (χ0v) is 19.9. The van der Waals surface area contributed by atoms with Gasteiger partial charge in [-0.3, -0.25) is 9.59 Å². The molecule has 33 heavy (non-hydrogen) atoms. The number of benzene rings is 3. The Morgan fingerprint density at radius 1 is 0.818 bits per heavy atom. The van der Waals surface area contributed by atoms with Crippen LogP contribution in [0.5, 0.6) is 0 Å². The molecular weight excluding hydrogens is 410 g/mol. The molecule has 5 nitrogen and oxygen atoms in total. The topological polar surface area (TPSA) is 52.7 Å². The van der Waals surface area contributed by atoms with E-state index in [4.69, 9.17) is 0 Å². The molecule has 172 valence electrons. The van der Waals surface area contributed by atoms with Gasteiger partial charge in [0.1, 0.15) is 5.54 Å². The lowest BCUT2D eigenvalue weighted by Crippen LogP contribution is -2.56. The number of hydrogen-bond acceptors (Lipinski definition) is 3. The van der Waals surface area contributed by atoms with E-state index in [1.807, 2.05) is 118 Å². The van der Waals surface area contributed by atoms with Crippen LogP contribution in [-0.2, 0) is 22.6 Å². The third-order valence-corrected chi connectivity index (χ3v) is 6.10. The lowest BCUT2D eigenvalue weighted by atomic mass is 9.92. The highest BCUT2D eigenvalue weighted by Gasteiger charge is 2.40. The van der Waals surface area contributed by atoms with Crippen LogP contribution in [0.4, 0.5) is 11.4 Å². The first-order valence-electron chi connectivity index (χ1n) is 11.3. The molecule has 0 spiro atoms. The Morgan fingerprint density at radius 2 is 1.36 bits per heavy atom. The molecule has 0 saturated carbocycles. The van der Waals surface area contributed by atoms with Crippen LogP contribution in [0.15, 0.2) is 84.9 Å². The van der Waals surface area contributed by atoms with Crippen molar-refractivity contribution in [3.63, 3.8) is 0 Å². The van der Waals surface area contributed by atoms with E-state index in [1.165, 1.54) is 0 Å². The zero-order valence-electron chi connectivity index (χ0n) is 19.9. The van der Waals surface area contributed by atoms with Crippen molar-refractivity contribution >= 4 is 23.2 Å². The summed E-state index contributed by atoms with van der Waals surface area (Å²) in [6, 6.07) is 27.2. The standard InChI is InChI=1S/C28H33N3O2/c1-5-28(2,27(33)29-24-16-18-25(19-17-24)30(3)4)31(21-23-14-10-7-11-15-23)26(32)20-22-12-8-6-9-13-22/h6-19H,5,20-21H2,1-4H3,(H,29,33). The van der Waals surface area contributed by atoms with E-state index in [2.05, 4.69) is 5.32 Å². The molecule has 0 fully saturated rings. The summed E-state index contributed by atoms with van der Waals surface area (Å²) in [6.07, 6.45) is 0.732. The SMILES string of the molecule is CCC(C)(C(=O)Nc1ccc(N(C)C)cc1)N(Cc1ccccc1)C(=O)Cc1ccccc1. The maximum absolute atomic E-state index is 13.6. The molecule has 1 N–H and O–H groups in total. The Labute approximate surface area is 197 Å². The molecule has 0 bridgehead atoms. The van der Waals surface area contributed by atoms with Gasteiger partial charge in [0, 0.05) is 32.0 Å². The van der Waals surface area contributed by atoms with Crippen LogP contribution in [0.3, 0.4) is 0 Å². The van der Waals surface area contributed by atoms with Crippen LogP contribution in [0.1, 0.15) is 31.4 Å². The molecule has 3 rings (SSSR count). The van der Waals surface area contributed by atoms with Gasteiger partial charge in [-0.05, 0) is 48.7 Å². The van der Waals surface area contributed by atoms with Crippen molar-refractivity contribution in [1.29, 1.82) is 0 Å². The van der Waals surface area contributed by atoms with E-state index in [9.17, 15) is 9.59 Å². The summed E-state index contributed by atoms with van der Waals surface area (Å²) in [7, 11) is 3.95. The maximum Gasteiger partial charge on any atom is 0.250 e. The van der Waals surface area contributed by atoms with Gasteiger partial charge in [0.15, 0.2) is 0 Å². The molecule has 1 atom stereocenters. The molecule has 1 unspecified atom stereocenters. The zero-order chi connectivity index (χ0) is 23.8. The predicted molar refractivity (Wildman–Crippen MR) is 135 cm³/mol. The average molecular weight is 444 g/mol. The highest BCUT2D eigenvalue weighted by Crippen LogP contribution is 2.26. The van der Waals surface area contributed by atoms with E-state index in [0.29, 0.717) is 18.7 Å². The number of nitrogens with zero attached hydrogens (tertiary/aromatic N) is 2. The van der Waals surface area contributed by atoms with E-state index >= 15 is 0 Å². The smallest absolute Gasteiger partial charge is 0.250 e. The fourth-order valence-electron chi connectivity index (χ4n) is 3.75. The minimum Gasteiger partial charge on any atom is -0.378 e. The summed E-state index contributed by atoms with van der Waals surface area (Å²) in [5.41, 5.74) is 2.66. The van der Waals surface area contributed by atoms with Gasteiger partial charge < -0.3 is 15.1 Å². The molecule has 2 amide bonds. The minimum atomic E-state index is -1.01. The van der Waals surface area contributed by atoms with Crippen LogP contribution in [0.25, 0.3) is 0 Å². The summed E-state index contributed by atoms with van der Waals surface area (Å²) < 4.78 is 0. The van der Waals surface area contributed by atoms with Gasteiger partial charge >= 0.3 is 0 Å². The number of anilines is 2. The Kier molecular flexibility index (Phi) is 7.88. The summed E-state index contributed by atoms with van der Waals surface area (Å²) in [4.78, 5) is 30.8. The van der Waals surface area contributed by atoms with E-state index in [0.717, 1.165) is 16.8 Å². The molecule has 0 aromatic heterocycles. The number of carbonyl (C=O) groups excluding carboxylic acids is 2. The van der Waals surface area contributed by atoms with Crippen molar-refractivity contribution in [2.24, 2.45) is 0 Å². The van der Waals surface area contributed by atoms with Gasteiger partial charge in [-0.1, -0.05) is 67.6 Å². The number of hydrogen-bond donors (Lipinski definition) is 1. The van der Waals surface area contributed by atoms with Crippen LogP contribution < -0.4 is 10.2 Å². The van der Waals surface area contributed by atoms with Gasteiger partial charge in [0.05, 0.1) is 6.42 Å². The monoisotopic (exact) mass is 443 g/mol. The van der Waals surface area contributed by atoms with Crippen LogP contribution >= 0.6 is 0 Å². The molecule has 0 aliphatic rings. The first-order valence-corrected chi connectivity index (χ1v) is 11.3. The van der Waals surface area contributed by atoms with Crippen molar-refractivity contribution in [3.05, 3.63) is 96.1 Å². The number of amides is 2. The fraction of sp³-hybridized carbons (Fsp3) is 0.286. The van der Waals surface area contributed by atoms with Crippen LogP contribution in [0.2, 0.25) is 0 Å². The Morgan fingerprint density at radius 3 is 1.88 bits per heavy atom. The molecule has 0 saturated heterocycles. The maximum atomic E-state index is 13.6. The third kappa shape index (κ3) is 6.01. The van der Waals surface area contributed by atoms with Crippen molar-refractivity contribution in [2.75, 3.05) is 24.3 Å². The van der Waals surface area contributed by atoms with Gasteiger partial charge in [0.25, 0.3) is 0 Å². The fourth-order valence-corrected chi connectivity index (χ4v) is 3.75. The second-order valence-corrected chi connectivity index (χ2v) is 8.65. The van der Waals surface area contributed by atoms with E-state index < -0.39 is 5.54 Å². The highest BCUT2D eigenvalue weighted by molar-refractivity contribution is 6.00. The summed E-state index contributed by atoms with van der Waals surface area (Å²) in [6.45, 7) is 4.16. The average Bonchev–Trinajstić information content (AvgIpc) is 2.83. The normalized spacial score (nSPS) is 12.5. The molecule has 0 aliphatic carbocycles. The van der Waals surface area contributed by atoms with Gasteiger partial charge in [0.2, 0.25) is 11.8 Å². The van der Waals surface area contributed by atoms with Crippen LogP contribution in [0, 0.1) is 0 Å². The summed E-state index contributed by atoms with van der Waals surface area (Å²) >= 11 is 0. The lowest BCUT2D eigenvalue weighted by molar-refractivity contribution is -0.145. The Bertz CT molecular complexity index is 1050. The second-order valence-electron chi connectivity index (χ2n) is 8.65. The quantitative estimate of drug-likeness (QED) is 0.499.